The summed E-state index contributed by atoms with van der Waals surface area (Å²) >= 11 is 0. The molecule has 0 unspecified atom stereocenters. The molecular weight excluding hydrogens is 314 g/mol. The van der Waals surface area contributed by atoms with Gasteiger partial charge in [-0.15, -0.1) is 0 Å². The molecule has 2 heterocycles. The Balaban J connectivity index is 1.87. The second-order valence-corrected chi connectivity index (χ2v) is 5.97. The molecule has 0 saturated carbocycles. The maximum Gasteiger partial charge on any atom is 0.256 e. The number of likely N-dealkylation sites (tertiary alicyclic amines) is 1. The van der Waals surface area contributed by atoms with E-state index in [0.717, 1.165) is 11.1 Å². The number of carbonyl (C=O) groups excluding carboxylic acids is 1. The third kappa shape index (κ3) is 3.04. The first-order valence-electron chi connectivity index (χ1n) is 8.17. The molecule has 1 amide bonds. The fraction of sp³-hybridized carbons (Fsp3) is 0.250. The Morgan fingerprint density at radius 1 is 1.36 bits per heavy atom. The maximum absolute atomic E-state index is 12.7. The van der Waals surface area contributed by atoms with Crippen LogP contribution in [0, 0.1) is 11.3 Å². The van der Waals surface area contributed by atoms with Gasteiger partial charge in [0.1, 0.15) is 6.04 Å². The number of hydrogen-bond donors (Lipinski definition) is 1. The minimum Gasteiger partial charge on any atom is -0.394 e. The first kappa shape index (κ1) is 16.9. The molecule has 5 heteroatoms. The van der Waals surface area contributed by atoms with Crippen LogP contribution < -0.4 is 0 Å². The lowest BCUT2D eigenvalue weighted by molar-refractivity contribution is -0.00588. The normalized spacial score (nSPS) is 22.4. The van der Waals surface area contributed by atoms with Crippen molar-refractivity contribution in [2.45, 2.75) is 24.9 Å². The van der Waals surface area contributed by atoms with Crippen molar-refractivity contribution in [2.75, 3.05) is 6.61 Å². The number of aliphatic hydroxyl groups is 1. The quantitative estimate of drug-likeness (QED) is 0.933. The van der Waals surface area contributed by atoms with E-state index in [0.29, 0.717) is 5.56 Å². The SMILES string of the molecule is C/C=C/c1ccc([C@H]2[C@@H](C#N)N(C(=O)c3cccnc3)[C@H]2CO)cc1. The molecule has 1 aromatic heterocycles. The Morgan fingerprint density at radius 2 is 2.12 bits per heavy atom. The van der Waals surface area contributed by atoms with E-state index in [2.05, 4.69) is 11.1 Å². The molecule has 126 valence electrons. The van der Waals surface area contributed by atoms with E-state index in [-0.39, 0.29) is 18.4 Å². The van der Waals surface area contributed by atoms with Crippen LogP contribution in [0.3, 0.4) is 0 Å². The van der Waals surface area contributed by atoms with Gasteiger partial charge < -0.3 is 10.0 Å². The second kappa shape index (κ2) is 7.29. The van der Waals surface area contributed by atoms with E-state index in [1.165, 1.54) is 11.1 Å². The molecule has 1 aliphatic heterocycles. The van der Waals surface area contributed by atoms with Crippen molar-refractivity contribution >= 4 is 12.0 Å². The molecule has 0 spiro atoms. The molecule has 3 rings (SSSR count). The maximum atomic E-state index is 12.7. The molecule has 1 N–H and O–H groups in total. The molecule has 25 heavy (non-hydrogen) atoms. The summed E-state index contributed by atoms with van der Waals surface area (Å²) in [4.78, 5) is 18.1. The lowest BCUT2D eigenvalue weighted by Gasteiger charge is -2.51. The molecule has 2 aromatic rings. The van der Waals surface area contributed by atoms with Crippen LogP contribution in [0.15, 0.2) is 54.9 Å². The van der Waals surface area contributed by atoms with Crippen LogP contribution in [-0.4, -0.2) is 39.6 Å². The van der Waals surface area contributed by atoms with Crippen molar-refractivity contribution in [3.63, 3.8) is 0 Å². The second-order valence-electron chi connectivity index (χ2n) is 5.97. The standard InChI is InChI=1S/C20H19N3O2/c1-2-4-14-6-8-15(9-7-14)19-17(11-21)23(18(19)13-24)20(25)16-5-3-10-22-12-16/h2-10,12,17-19,24H,13H2,1H3/b4-2+/t17-,18+,19+/m1/s1. The number of allylic oxidation sites excluding steroid dienone is 1. The van der Waals surface area contributed by atoms with Crippen molar-refractivity contribution < 1.29 is 9.90 Å². The highest BCUT2D eigenvalue weighted by atomic mass is 16.3. The van der Waals surface area contributed by atoms with Crippen LogP contribution in [0.1, 0.15) is 34.3 Å². The third-order valence-electron chi connectivity index (χ3n) is 4.55. The summed E-state index contributed by atoms with van der Waals surface area (Å²) in [5.74, 6) is -0.476. The van der Waals surface area contributed by atoms with E-state index in [9.17, 15) is 15.2 Å². The van der Waals surface area contributed by atoms with Crippen molar-refractivity contribution in [1.29, 1.82) is 5.26 Å². The smallest absolute Gasteiger partial charge is 0.256 e. The van der Waals surface area contributed by atoms with Crippen LogP contribution in [-0.2, 0) is 0 Å². The first-order valence-corrected chi connectivity index (χ1v) is 8.17. The summed E-state index contributed by atoms with van der Waals surface area (Å²) in [5, 5.41) is 19.4. The summed E-state index contributed by atoms with van der Waals surface area (Å²) in [5.41, 5.74) is 2.44. The average Bonchev–Trinajstić information content (AvgIpc) is 2.64. The van der Waals surface area contributed by atoms with Gasteiger partial charge in [-0.05, 0) is 30.2 Å². The van der Waals surface area contributed by atoms with Crippen LogP contribution >= 0.6 is 0 Å². The fourth-order valence-electron chi connectivity index (χ4n) is 3.35. The summed E-state index contributed by atoms with van der Waals surface area (Å²) in [6.07, 6.45) is 7.02. The van der Waals surface area contributed by atoms with Gasteiger partial charge in [0.2, 0.25) is 0 Å². The molecule has 0 bridgehead atoms. The summed E-state index contributed by atoms with van der Waals surface area (Å²) in [7, 11) is 0. The Kier molecular flexibility index (Phi) is 4.92. The van der Waals surface area contributed by atoms with E-state index < -0.39 is 12.1 Å². The predicted molar refractivity (Wildman–Crippen MR) is 94.6 cm³/mol. The number of aromatic nitrogens is 1. The van der Waals surface area contributed by atoms with Crippen LogP contribution in [0.4, 0.5) is 0 Å². The molecular formula is C20H19N3O2. The number of aliphatic hydroxyl groups excluding tert-OH is 1. The molecule has 1 aliphatic rings. The molecule has 1 saturated heterocycles. The summed E-state index contributed by atoms with van der Waals surface area (Å²) < 4.78 is 0. The largest absolute Gasteiger partial charge is 0.394 e. The molecule has 5 nitrogen and oxygen atoms in total. The fourth-order valence-corrected chi connectivity index (χ4v) is 3.35. The number of rotatable bonds is 4. The highest BCUT2D eigenvalue weighted by Crippen LogP contribution is 2.41. The molecule has 0 radical (unpaired) electrons. The molecule has 3 atom stereocenters. The van der Waals surface area contributed by atoms with Gasteiger partial charge in [0, 0.05) is 18.3 Å². The highest BCUT2D eigenvalue weighted by molar-refractivity contribution is 5.95. The predicted octanol–water partition coefficient (Wildman–Crippen LogP) is 2.61. The number of amides is 1. The van der Waals surface area contributed by atoms with E-state index >= 15 is 0 Å². The monoisotopic (exact) mass is 333 g/mol. The van der Waals surface area contributed by atoms with Crippen molar-refractivity contribution in [3.8, 4) is 6.07 Å². The number of nitriles is 1. The number of benzene rings is 1. The zero-order valence-corrected chi connectivity index (χ0v) is 13.9. The number of carbonyl (C=O) groups is 1. The van der Waals surface area contributed by atoms with Crippen molar-refractivity contribution in [2.24, 2.45) is 0 Å². The average molecular weight is 333 g/mol. The lowest BCUT2D eigenvalue weighted by Crippen LogP contribution is -2.65. The van der Waals surface area contributed by atoms with Gasteiger partial charge in [-0.25, -0.2) is 0 Å². The molecule has 1 aromatic carbocycles. The van der Waals surface area contributed by atoms with Crippen molar-refractivity contribution in [3.05, 3.63) is 71.6 Å². The first-order chi connectivity index (χ1) is 12.2. The third-order valence-corrected chi connectivity index (χ3v) is 4.55. The van der Waals surface area contributed by atoms with Gasteiger partial charge in [-0.1, -0.05) is 36.4 Å². The number of hydrogen-bond acceptors (Lipinski definition) is 4. The van der Waals surface area contributed by atoms with Crippen LogP contribution in [0.2, 0.25) is 0 Å². The van der Waals surface area contributed by atoms with Gasteiger partial charge in [-0.3, -0.25) is 9.78 Å². The van der Waals surface area contributed by atoms with Crippen LogP contribution in [0.5, 0.6) is 0 Å². The van der Waals surface area contributed by atoms with Gasteiger partial charge in [0.15, 0.2) is 0 Å². The topological polar surface area (TPSA) is 77.2 Å². The number of nitrogens with zero attached hydrogens (tertiary/aromatic N) is 3. The molecule has 0 aliphatic carbocycles. The van der Waals surface area contributed by atoms with Gasteiger partial charge in [0.25, 0.3) is 5.91 Å². The van der Waals surface area contributed by atoms with Gasteiger partial charge in [-0.2, -0.15) is 5.26 Å². The summed E-state index contributed by atoms with van der Waals surface area (Å²) in [6.45, 7) is 1.76. The van der Waals surface area contributed by atoms with E-state index in [1.54, 1.807) is 18.3 Å². The minimum absolute atomic E-state index is 0.189. The Bertz CT molecular complexity index is 809. The van der Waals surface area contributed by atoms with Crippen LogP contribution in [0.25, 0.3) is 6.08 Å². The zero-order chi connectivity index (χ0) is 17.8. The van der Waals surface area contributed by atoms with Gasteiger partial charge in [0.05, 0.1) is 24.3 Å². The Labute approximate surface area is 146 Å². The zero-order valence-electron chi connectivity index (χ0n) is 13.9. The highest BCUT2D eigenvalue weighted by Gasteiger charge is 2.51. The number of pyridine rings is 1. The Morgan fingerprint density at radius 3 is 2.68 bits per heavy atom. The lowest BCUT2D eigenvalue weighted by atomic mass is 9.75. The van der Waals surface area contributed by atoms with Crippen molar-refractivity contribution in [1.82, 2.24) is 9.88 Å². The minimum atomic E-state index is -0.600. The van der Waals surface area contributed by atoms with E-state index in [1.807, 2.05) is 43.3 Å². The Hall–Kier alpha value is -2.97. The summed E-state index contributed by atoms with van der Waals surface area (Å²) in [6, 6.07) is 12.4. The van der Waals surface area contributed by atoms with E-state index in [4.69, 9.17) is 0 Å². The van der Waals surface area contributed by atoms with Gasteiger partial charge >= 0.3 is 0 Å². The molecule has 1 fully saturated rings.